The molecule has 0 spiro atoms. The second kappa shape index (κ2) is 6.54. The van der Waals surface area contributed by atoms with Crippen LogP contribution in [0, 0.1) is 6.92 Å². The van der Waals surface area contributed by atoms with Gasteiger partial charge in [0.25, 0.3) is 0 Å². The van der Waals surface area contributed by atoms with E-state index in [0.29, 0.717) is 13.2 Å². The van der Waals surface area contributed by atoms with Gasteiger partial charge in [-0.2, -0.15) is 0 Å². The fourth-order valence-corrected chi connectivity index (χ4v) is 2.56. The molecule has 0 aliphatic carbocycles. The SMILES string of the molecule is COc1cccc(CCN)c1OCc1cnc(C)s1. The zero-order valence-corrected chi connectivity index (χ0v) is 12.0. The summed E-state index contributed by atoms with van der Waals surface area (Å²) in [4.78, 5) is 5.32. The fourth-order valence-electron chi connectivity index (χ4n) is 1.85. The Hall–Kier alpha value is -1.59. The molecule has 2 aromatic rings. The van der Waals surface area contributed by atoms with Crippen molar-refractivity contribution in [1.82, 2.24) is 4.98 Å². The number of thiazole rings is 1. The molecule has 0 fully saturated rings. The molecule has 2 rings (SSSR count). The molecule has 1 aromatic carbocycles. The van der Waals surface area contributed by atoms with Crippen molar-refractivity contribution in [3.63, 3.8) is 0 Å². The van der Waals surface area contributed by atoms with Crippen LogP contribution in [-0.2, 0) is 13.0 Å². The van der Waals surface area contributed by atoms with Crippen LogP contribution in [0.4, 0.5) is 0 Å². The molecular formula is C14H18N2O2S. The average Bonchev–Trinajstić information content (AvgIpc) is 2.83. The molecule has 0 radical (unpaired) electrons. The van der Waals surface area contributed by atoms with E-state index in [0.717, 1.165) is 33.4 Å². The monoisotopic (exact) mass is 278 g/mol. The highest BCUT2D eigenvalue weighted by Gasteiger charge is 2.11. The predicted octanol–water partition coefficient (Wildman–Crippen LogP) is 2.54. The maximum Gasteiger partial charge on any atom is 0.164 e. The van der Waals surface area contributed by atoms with Crippen LogP contribution in [-0.4, -0.2) is 18.6 Å². The Labute approximate surface area is 117 Å². The van der Waals surface area contributed by atoms with Gasteiger partial charge in [0.2, 0.25) is 0 Å². The number of hydrogen-bond donors (Lipinski definition) is 1. The number of nitrogens with two attached hydrogens (primary N) is 1. The van der Waals surface area contributed by atoms with Gasteiger partial charge in [-0.1, -0.05) is 12.1 Å². The molecule has 5 heteroatoms. The van der Waals surface area contributed by atoms with Gasteiger partial charge >= 0.3 is 0 Å². The summed E-state index contributed by atoms with van der Waals surface area (Å²) in [6, 6.07) is 5.86. The Morgan fingerprint density at radius 1 is 1.37 bits per heavy atom. The molecule has 1 heterocycles. The van der Waals surface area contributed by atoms with Gasteiger partial charge in [0, 0.05) is 6.20 Å². The molecule has 0 bridgehead atoms. The summed E-state index contributed by atoms with van der Waals surface area (Å²) in [7, 11) is 1.64. The van der Waals surface area contributed by atoms with Crippen LogP contribution in [0.2, 0.25) is 0 Å². The van der Waals surface area contributed by atoms with Crippen molar-refractivity contribution in [1.29, 1.82) is 0 Å². The second-order valence-electron chi connectivity index (χ2n) is 4.12. The first-order valence-corrected chi connectivity index (χ1v) is 6.96. The zero-order valence-electron chi connectivity index (χ0n) is 11.2. The predicted molar refractivity (Wildman–Crippen MR) is 76.9 cm³/mol. The van der Waals surface area contributed by atoms with Crippen LogP contribution in [0.3, 0.4) is 0 Å². The van der Waals surface area contributed by atoms with Crippen molar-refractivity contribution in [2.45, 2.75) is 20.0 Å². The van der Waals surface area contributed by atoms with E-state index in [1.807, 2.05) is 31.3 Å². The van der Waals surface area contributed by atoms with Gasteiger partial charge < -0.3 is 15.2 Å². The molecule has 1 aromatic heterocycles. The van der Waals surface area contributed by atoms with E-state index in [-0.39, 0.29) is 0 Å². The molecule has 0 aliphatic rings. The number of benzene rings is 1. The lowest BCUT2D eigenvalue weighted by Crippen LogP contribution is -2.06. The number of aryl methyl sites for hydroxylation is 1. The molecule has 102 valence electrons. The molecule has 0 amide bonds. The lowest BCUT2D eigenvalue weighted by molar-refractivity contribution is 0.284. The van der Waals surface area contributed by atoms with Crippen molar-refractivity contribution < 1.29 is 9.47 Å². The summed E-state index contributed by atoms with van der Waals surface area (Å²) in [5, 5.41) is 1.04. The molecular weight excluding hydrogens is 260 g/mol. The number of nitrogens with zero attached hydrogens (tertiary/aromatic N) is 1. The Morgan fingerprint density at radius 2 is 2.21 bits per heavy atom. The standard InChI is InChI=1S/C14H18N2O2S/c1-10-16-8-12(19-10)9-18-14-11(6-7-15)4-3-5-13(14)17-2/h3-5,8H,6-7,9,15H2,1-2H3. The van der Waals surface area contributed by atoms with E-state index in [1.165, 1.54) is 0 Å². The minimum absolute atomic E-state index is 0.503. The molecule has 0 atom stereocenters. The number of rotatable bonds is 6. The molecule has 0 aliphatic heterocycles. The summed E-state index contributed by atoms with van der Waals surface area (Å²) in [6.07, 6.45) is 2.62. The zero-order chi connectivity index (χ0) is 13.7. The second-order valence-corrected chi connectivity index (χ2v) is 5.44. The fraction of sp³-hybridized carbons (Fsp3) is 0.357. The quantitative estimate of drug-likeness (QED) is 0.882. The van der Waals surface area contributed by atoms with Crippen molar-refractivity contribution in [2.24, 2.45) is 5.73 Å². The molecule has 0 saturated carbocycles. The van der Waals surface area contributed by atoms with Crippen LogP contribution in [0.1, 0.15) is 15.4 Å². The summed E-state index contributed by atoms with van der Waals surface area (Å²) in [6.45, 7) is 3.07. The van der Waals surface area contributed by atoms with Gasteiger partial charge in [0.05, 0.1) is 17.0 Å². The first-order chi connectivity index (χ1) is 9.24. The van der Waals surface area contributed by atoms with Crippen molar-refractivity contribution in [3.8, 4) is 11.5 Å². The molecule has 19 heavy (non-hydrogen) atoms. The van der Waals surface area contributed by atoms with Gasteiger partial charge in [0.1, 0.15) is 6.61 Å². The minimum atomic E-state index is 0.503. The summed E-state index contributed by atoms with van der Waals surface area (Å²) < 4.78 is 11.2. The first kappa shape index (κ1) is 13.8. The van der Waals surface area contributed by atoms with E-state index in [2.05, 4.69) is 4.98 Å². The first-order valence-electron chi connectivity index (χ1n) is 6.14. The highest BCUT2D eigenvalue weighted by atomic mass is 32.1. The maximum absolute atomic E-state index is 5.90. The third-order valence-corrected chi connectivity index (χ3v) is 3.61. The molecule has 2 N–H and O–H groups in total. The van der Waals surface area contributed by atoms with Gasteiger partial charge in [-0.05, 0) is 31.5 Å². The summed E-state index contributed by atoms with van der Waals surface area (Å²) in [5.74, 6) is 1.52. The highest BCUT2D eigenvalue weighted by Crippen LogP contribution is 2.32. The normalized spacial score (nSPS) is 10.5. The van der Waals surface area contributed by atoms with Crippen molar-refractivity contribution in [2.75, 3.05) is 13.7 Å². The topological polar surface area (TPSA) is 57.4 Å². The molecule has 4 nitrogen and oxygen atoms in total. The Kier molecular flexibility index (Phi) is 4.76. The highest BCUT2D eigenvalue weighted by molar-refractivity contribution is 7.11. The van der Waals surface area contributed by atoms with E-state index in [1.54, 1.807) is 18.4 Å². The van der Waals surface area contributed by atoms with Gasteiger partial charge in [-0.3, -0.25) is 0 Å². The third-order valence-electron chi connectivity index (χ3n) is 2.72. The number of aromatic nitrogens is 1. The van der Waals surface area contributed by atoms with Crippen LogP contribution < -0.4 is 15.2 Å². The number of ether oxygens (including phenoxy) is 2. The molecule has 0 saturated heterocycles. The third kappa shape index (κ3) is 3.45. The van der Waals surface area contributed by atoms with E-state index < -0.39 is 0 Å². The van der Waals surface area contributed by atoms with Gasteiger partial charge in [0.15, 0.2) is 11.5 Å². The Bertz CT molecular complexity index is 540. The number of methoxy groups -OCH3 is 1. The van der Waals surface area contributed by atoms with Crippen LogP contribution in [0.5, 0.6) is 11.5 Å². The minimum Gasteiger partial charge on any atom is -0.493 e. The smallest absolute Gasteiger partial charge is 0.164 e. The number of para-hydroxylation sites is 1. The number of hydrogen-bond acceptors (Lipinski definition) is 5. The largest absolute Gasteiger partial charge is 0.493 e. The van der Waals surface area contributed by atoms with Gasteiger partial charge in [-0.25, -0.2) is 4.98 Å². The average molecular weight is 278 g/mol. The molecule has 0 unspecified atom stereocenters. The Balaban J connectivity index is 2.17. The van der Waals surface area contributed by atoms with Crippen LogP contribution >= 0.6 is 11.3 Å². The Morgan fingerprint density at radius 3 is 2.84 bits per heavy atom. The summed E-state index contributed by atoms with van der Waals surface area (Å²) >= 11 is 1.64. The maximum atomic E-state index is 5.90. The lowest BCUT2D eigenvalue weighted by Gasteiger charge is -2.14. The van der Waals surface area contributed by atoms with Crippen molar-refractivity contribution >= 4 is 11.3 Å². The van der Waals surface area contributed by atoms with Crippen LogP contribution in [0.25, 0.3) is 0 Å². The van der Waals surface area contributed by atoms with Gasteiger partial charge in [-0.15, -0.1) is 11.3 Å². The lowest BCUT2D eigenvalue weighted by atomic mass is 10.1. The van der Waals surface area contributed by atoms with Crippen LogP contribution in [0.15, 0.2) is 24.4 Å². The van der Waals surface area contributed by atoms with Crippen molar-refractivity contribution in [3.05, 3.63) is 39.8 Å². The van der Waals surface area contributed by atoms with E-state index in [9.17, 15) is 0 Å². The van der Waals surface area contributed by atoms with E-state index >= 15 is 0 Å². The summed E-state index contributed by atoms with van der Waals surface area (Å²) in [5.41, 5.74) is 6.70. The van der Waals surface area contributed by atoms with E-state index in [4.69, 9.17) is 15.2 Å².